The lowest BCUT2D eigenvalue weighted by atomic mass is 10.3. The lowest BCUT2D eigenvalue weighted by Crippen LogP contribution is -2.28. The molecule has 0 aliphatic carbocycles. The van der Waals surface area contributed by atoms with Gasteiger partial charge in [-0.05, 0) is 38.2 Å². The average Bonchev–Trinajstić information content (AvgIpc) is 2.85. The van der Waals surface area contributed by atoms with E-state index < -0.39 is 0 Å². The first-order valence-electron chi connectivity index (χ1n) is 5.79. The minimum atomic E-state index is 0.320. The van der Waals surface area contributed by atoms with E-state index in [0.717, 1.165) is 15.9 Å². The molecule has 1 aromatic carbocycles. The summed E-state index contributed by atoms with van der Waals surface area (Å²) in [6, 6.07) is 8.29. The van der Waals surface area contributed by atoms with Crippen LogP contribution >= 0.6 is 15.9 Å². The predicted octanol–water partition coefficient (Wildman–Crippen LogP) is 2.62. The van der Waals surface area contributed by atoms with Gasteiger partial charge in [0.1, 0.15) is 6.61 Å². The van der Waals surface area contributed by atoms with Crippen LogP contribution in [0, 0.1) is 0 Å². The van der Waals surface area contributed by atoms with Crippen molar-refractivity contribution in [2.75, 3.05) is 13.7 Å². The van der Waals surface area contributed by atoms with E-state index in [0.29, 0.717) is 12.6 Å². The molecule has 0 saturated heterocycles. The predicted molar refractivity (Wildman–Crippen MR) is 75.3 cm³/mol. The molecular weight excluding hydrogens is 294 g/mol. The van der Waals surface area contributed by atoms with Crippen LogP contribution in [0.4, 0.5) is 0 Å². The van der Waals surface area contributed by atoms with Crippen LogP contribution in [0.3, 0.4) is 0 Å². The van der Waals surface area contributed by atoms with Crippen LogP contribution in [-0.2, 0) is 0 Å². The number of hydrogen-bond acceptors (Lipinski definition) is 3. The number of ether oxygens (including phenoxy) is 1. The number of hydrogen-bond donors (Lipinski definition) is 1. The van der Waals surface area contributed by atoms with Gasteiger partial charge in [0.05, 0.1) is 18.1 Å². The number of aromatic nitrogens is 2. The number of halogens is 1. The minimum Gasteiger partial charge on any atom is -0.489 e. The molecule has 1 N–H and O–H groups in total. The molecule has 2 rings (SSSR count). The van der Waals surface area contributed by atoms with Gasteiger partial charge in [-0.2, -0.15) is 5.10 Å². The van der Waals surface area contributed by atoms with Crippen LogP contribution in [0.5, 0.6) is 5.75 Å². The summed E-state index contributed by atoms with van der Waals surface area (Å²) in [5.74, 6) is 0.778. The van der Waals surface area contributed by atoms with Crippen molar-refractivity contribution in [2.45, 2.75) is 13.0 Å². The number of likely N-dealkylation sites (N-methyl/N-ethyl adjacent to an activating group) is 1. The maximum Gasteiger partial charge on any atom is 0.157 e. The fourth-order valence-corrected chi connectivity index (χ4v) is 1.68. The number of benzene rings is 1. The second-order valence-corrected chi connectivity index (χ2v) is 5.01. The van der Waals surface area contributed by atoms with E-state index in [9.17, 15) is 0 Å². The largest absolute Gasteiger partial charge is 0.489 e. The zero-order valence-corrected chi connectivity index (χ0v) is 12.0. The maximum atomic E-state index is 5.63. The molecule has 0 aliphatic heterocycles. The highest BCUT2D eigenvalue weighted by molar-refractivity contribution is 9.10. The Kier molecular flexibility index (Phi) is 4.38. The van der Waals surface area contributed by atoms with Gasteiger partial charge in [-0.25, -0.2) is 4.68 Å². The van der Waals surface area contributed by atoms with E-state index >= 15 is 0 Å². The Morgan fingerprint density at radius 2 is 2.11 bits per heavy atom. The molecule has 1 unspecified atom stereocenters. The molecule has 0 aliphatic rings. The van der Waals surface area contributed by atoms with Gasteiger partial charge in [-0.1, -0.05) is 15.9 Å². The topological polar surface area (TPSA) is 39.1 Å². The summed E-state index contributed by atoms with van der Waals surface area (Å²) >= 11 is 3.41. The van der Waals surface area contributed by atoms with Crippen LogP contribution in [0.15, 0.2) is 41.1 Å². The van der Waals surface area contributed by atoms with E-state index in [-0.39, 0.29) is 0 Å². The molecule has 96 valence electrons. The summed E-state index contributed by atoms with van der Waals surface area (Å²) in [7, 11) is 1.92. The standard InChI is InChI=1S/C13H16BrN3O/c1-10(15-2)9-18-13-7-16-17(8-13)12-5-3-11(14)4-6-12/h3-8,10,15H,9H2,1-2H3. The minimum absolute atomic E-state index is 0.320. The van der Waals surface area contributed by atoms with Crippen LogP contribution in [0.2, 0.25) is 0 Å². The fourth-order valence-electron chi connectivity index (χ4n) is 1.42. The molecule has 4 nitrogen and oxygen atoms in total. The summed E-state index contributed by atoms with van der Waals surface area (Å²) in [5.41, 5.74) is 1.01. The van der Waals surface area contributed by atoms with Gasteiger partial charge >= 0.3 is 0 Å². The Labute approximate surface area is 115 Å². The Balaban J connectivity index is 2.03. The van der Waals surface area contributed by atoms with E-state index in [4.69, 9.17) is 4.74 Å². The molecule has 5 heteroatoms. The third-order valence-corrected chi connectivity index (χ3v) is 3.17. The van der Waals surface area contributed by atoms with Crippen molar-refractivity contribution in [3.63, 3.8) is 0 Å². The van der Waals surface area contributed by atoms with Crippen LogP contribution < -0.4 is 10.1 Å². The summed E-state index contributed by atoms with van der Waals surface area (Å²) in [4.78, 5) is 0. The third-order valence-electron chi connectivity index (χ3n) is 2.64. The van der Waals surface area contributed by atoms with Crippen molar-refractivity contribution in [2.24, 2.45) is 0 Å². The fraction of sp³-hybridized carbons (Fsp3) is 0.308. The lowest BCUT2D eigenvalue weighted by Gasteiger charge is -2.09. The molecular formula is C13H16BrN3O. The van der Waals surface area contributed by atoms with Gasteiger partial charge in [0.25, 0.3) is 0 Å². The zero-order chi connectivity index (χ0) is 13.0. The highest BCUT2D eigenvalue weighted by atomic mass is 79.9. The van der Waals surface area contributed by atoms with Crippen molar-refractivity contribution in [1.29, 1.82) is 0 Å². The molecule has 1 heterocycles. The molecule has 1 atom stereocenters. The van der Waals surface area contributed by atoms with Crippen LogP contribution in [0.1, 0.15) is 6.92 Å². The first kappa shape index (κ1) is 13.1. The second kappa shape index (κ2) is 6.02. The Bertz CT molecular complexity index is 495. The van der Waals surface area contributed by atoms with Crippen molar-refractivity contribution in [1.82, 2.24) is 15.1 Å². The summed E-state index contributed by atoms with van der Waals surface area (Å²) < 4.78 is 8.48. The number of rotatable bonds is 5. The summed E-state index contributed by atoms with van der Waals surface area (Å²) in [6.45, 7) is 2.70. The molecule has 0 saturated carbocycles. The highest BCUT2D eigenvalue weighted by Crippen LogP contribution is 2.16. The van der Waals surface area contributed by atoms with Crippen molar-refractivity contribution < 1.29 is 4.74 Å². The molecule has 0 fully saturated rings. The maximum absolute atomic E-state index is 5.63. The van der Waals surface area contributed by atoms with Gasteiger partial charge in [-0.3, -0.25) is 0 Å². The molecule has 0 radical (unpaired) electrons. The van der Waals surface area contributed by atoms with Gasteiger partial charge in [0.15, 0.2) is 5.75 Å². The normalized spacial score (nSPS) is 12.4. The highest BCUT2D eigenvalue weighted by Gasteiger charge is 2.04. The van der Waals surface area contributed by atoms with Crippen molar-refractivity contribution in [3.8, 4) is 11.4 Å². The van der Waals surface area contributed by atoms with Gasteiger partial charge in [0.2, 0.25) is 0 Å². The molecule has 0 bridgehead atoms. The molecule has 1 aromatic heterocycles. The third kappa shape index (κ3) is 3.34. The summed E-state index contributed by atoms with van der Waals surface area (Å²) in [6.07, 6.45) is 3.61. The first-order chi connectivity index (χ1) is 8.69. The molecule has 2 aromatic rings. The molecule has 0 amide bonds. The lowest BCUT2D eigenvalue weighted by molar-refractivity contribution is 0.280. The van der Waals surface area contributed by atoms with Crippen molar-refractivity contribution >= 4 is 15.9 Å². The van der Waals surface area contributed by atoms with Crippen LogP contribution in [-0.4, -0.2) is 29.5 Å². The van der Waals surface area contributed by atoms with E-state index in [2.05, 4.69) is 33.3 Å². The monoisotopic (exact) mass is 309 g/mol. The van der Waals surface area contributed by atoms with Gasteiger partial charge in [0, 0.05) is 10.5 Å². The smallest absolute Gasteiger partial charge is 0.157 e. The van der Waals surface area contributed by atoms with Crippen LogP contribution in [0.25, 0.3) is 5.69 Å². The van der Waals surface area contributed by atoms with E-state index in [1.807, 2.05) is 37.5 Å². The quantitative estimate of drug-likeness (QED) is 0.923. The number of nitrogens with zero attached hydrogens (tertiary/aromatic N) is 2. The SMILES string of the molecule is CNC(C)COc1cnn(-c2ccc(Br)cc2)c1. The second-order valence-electron chi connectivity index (χ2n) is 4.10. The first-order valence-corrected chi connectivity index (χ1v) is 6.59. The Morgan fingerprint density at radius 3 is 2.78 bits per heavy atom. The Hall–Kier alpha value is -1.33. The Morgan fingerprint density at radius 1 is 1.39 bits per heavy atom. The van der Waals surface area contributed by atoms with E-state index in [1.165, 1.54) is 0 Å². The number of nitrogens with one attached hydrogen (secondary N) is 1. The average molecular weight is 310 g/mol. The van der Waals surface area contributed by atoms with E-state index in [1.54, 1.807) is 10.9 Å². The van der Waals surface area contributed by atoms with Crippen molar-refractivity contribution in [3.05, 3.63) is 41.1 Å². The zero-order valence-electron chi connectivity index (χ0n) is 10.4. The molecule has 0 spiro atoms. The molecule has 18 heavy (non-hydrogen) atoms. The summed E-state index contributed by atoms with van der Waals surface area (Å²) in [5, 5.41) is 7.40. The van der Waals surface area contributed by atoms with Gasteiger partial charge < -0.3 is 10.1 Å². The van der Waals surface area contributed by atoms with Gasteiger partial charge in [-0.15, -0.1) is 0 Å².